The molecule has 1 fully saturated rings. The molecule has 94 valence electrons. The molecule has 0 unspecified atom stereocenters. The van der Waals surface area contributed by atoms with Gasteiger partial charge in [0.15, 0.2) is 0 Å². The van der Waals surface area contributed by atoms with Crippen molar-refractivity contribution in [2.75, 3.05) is 19.7 Å². The molecule has 1 atom stereocenters. The Morgan fingerprint density at radius 1 is 1.76 bits per heavy atom. The number of urea groups is 1. The average molecular weight is 319 g/mol. The van der Waals surface area contributed by atoms with Crippen LogP contribution in [0.1, 0.15) is 12.5 Å². The molecule has 0 saturated carbocycles. The second-order valence-corrected chi connectivity index (χ2v) is 6.34. The zero-order chi connectivity index (χ0) is 12.3. The maximum absolute atomic E-state index is 11.9. The number of nitrogens with zero attached hydrogens (tertiary/aromatic N) is 1. The molecule has 0 spiro atoms. The maximum atomic E-state index is 11.9. The van der Waals surface area contributed by atoms with Gasteiger partial charge in [0, 0.05) is 19.6 Å². The number of morpholine rings is 1. The Bertz CT molecular complexity index is 397. The van der Waals surface area contributed by atoms with E-state index >= 15 is 0 Å². The van der Waals surface area contributed by atoms with Crippen LogP contribution in [0.4, 0.5) is 4.79 Å². The molecule has 4 nitrogen and oxygen atoms in total. The van der Waals surface area contributed by atoms with Gasteiger partial charge in [-0.25, -0.2) is 4.79 Å². The van der Waals surface area contributed by atoms with Crippen molar-refractivity contribution >= 4 is 33.3 Å². The molecule has 1 aromatic rings. The third-order valence-corrected chi connectivity index (χ3v) is 4.15. The van der Waals surface area contributed by atoms with E-state index in [9.17, 15) is 4.79 Å². The van der Waals surface area contributed by atoms with E-state index in [2.05, 4.69) is 21.2 Å². The SMILES string of the molecule is C[C@H]1CN(C(=O)NCc2csc(Br)c2)CCO1. The molecule has 2 heterocycles. The molecule has 2 amide bonds. The Labute approximate surface area is 113 Å². The van der Waals surface area contributed by atoms with Gasteiger partial charge in [-0.05, 0) is 39.9 Å². The van der Waals surface area contributed by atoms with Crippen LogP contribution in [0, 0.1) is 0 Å². The first-order valence-corrected chi connectivity index (χ1v) is 7.19. The Kier molecular flexibility index (Phi) is 4.42. The van der Waals surface area contributed by atoms with E-state index in [4.69, 9.17) is 4.74 Å². The fourth-order valence-electron chi connectivity index (χ4n) is 1.73. The minimum absolute atomic E-state index is 0.0116. The van der Waals surface area contributed by atoms with Gasteiger partial charge in [-0.2, -0.15) is 0 Å². The van der Waals surface area contributed by atoms with Gasteiger partial charge in [0.2, 0.25) is 0 Å². The maximum Gasteiger partial charge on any atom is 0.317 e. The lowest BCUT2D eigenvalue weighted by atomic mass is 10.3. The van der Waals surface area contributed by atoms with E-state index in [1.807, 2.05) is 18.4 Å². The highest BCUT2D eigenvalue weighted by Crippen LogP contribution is 2.20. The topological polar surface area (TPSA) is 41.6 Å². The summed E-state index contributed by atoms with van der Waals surface area (Å²) in [5.74, 6) is 0. The number of amides is 2. The molecule has 1 aliphatic heterocycles. The van der Waals surface area contributed by atoms with E-state index < -0.39 is 0 Å². The van der Waals surface area contributed by atoms with Gasteiger partial charge < -0.3 is 15.0 Å². The molecule has 2 rings (SSSR count). The third-order valence-electron chi connectivity index (χ3n) is 2.59. The molecule has 1 saturated heterocycles. The van der Waals surface area contributed by atoms with Gasteiger partial charge in [0.1, 0.15) is 0 Å². The van der Waals surface area contributed by atoms with Crippen molar-refractivity contribution in [2.24, 2.45) is 0 Å². The zero-order valence-electron chi connectivity index (χ0n) is 9.61. The predicted molar refractivity (Wildman–Crippen MR) is 71.2 cm³/mol. The number of halogens is 1. The lowest BCUT2D eigenvalue weighted by Crippen LogP contribution is -2.48. The second kappa shape index (κ2) is 5.84. The summed E-state index contributed by atoms with van der Waals surface area (Å²) < 4.78 is 6.48. The number of carbonyl (C=O) groups is 1. The highest BCUT2D eigenvalue weighted by atomic mass is 79.9. The minimum atomic E-state index is -0.0116. The summed E-state index contributed by atoms with van der Waals surface area (Å²) in [5, 5.41) is 4.95. The van der Waals surface area contributed by atoms with Crippen LogP contribution >= 0.6 is 27.3 Å². The standard InChI is InChI=1S/C11H15BrN2O2S/c1-8-6-14(2-3-16-8)11(15)13-5-9-4-10(12)17-7-9/h4,7-8H,2-3,5-6H2,1H3,(H,13,15)/t8-/m0/s1. The summed E-state index contributed by atoms with van der Waals surface area (Å²) in [6, 6.07) is 2.01. The number of hydrogen-bond acceptors (Lipinski definition) is 3. The largest absolute Gasteiger partial charge is 0.375 e. The average Bonchev–Trinajstić information content (AvgIpc) is 2.72. The Hall–Kier alpha value is -0.590. The van der Waals surface area contributed by atoms with E-state index in [1.165, 1.54) is 0 Å². The highest BCUT2D eigenvalue weighted by Gasteiger charge is 2.20. The lowest BCUT2D eigenvalue weighted by Gasteiger charge is -2.31. The number of rotatable bonds is 2. The Balaban J connectivity index is 1.80. The van der Waals surface area contributed by atoms with Gasteiger partial charge >= 0.3 is 6.03 Å². The summed E-state index contributed by atoms with van der Waals surface area (Å²) >= 11 is 5.03. The molecule has 1 N–H and O–H groups in total. The Morgan fingerprint density at radius 3 is 3.24 bits per heavy atom. The van der Waals surface area contributed by atoms with Gasteiger partial charge in [-0.1, -0.05) is 0 Å². The van der Waals surface area contributed by atoms with Crippen molar-refractivity contribution in [2.45, 2.75) is 19.6 Å². The molecular formula is C11H15BrN2O2S. The van der Waals surface area contributed by atoms with Crippen LogP contribution in [0.2, 0.25) is 0 Å². The molecule has 0 aliphatic carbocycles. The van der Waals surface area contributed by atoms with Crippen molar-refractivity contribution in [3.63, 3.8) is 0 Å². The van der Waals surface area contributed by atoms with Crippen molar-refractivity contribution in [1.29, 1.82) is 0 Å². The number of ether oxygens (including phenoxy) is 1. The number of nitrogens with one attached hydrogen (secondary N) is 1. The molecule has 0 bridgehead atoms. The fourth-order valence-corrected chi connectivity index (χ4v) is 2.94. The summed E-state index contributed by atoms with van der Waals surface area (Å²) in [5.41, 5.74) is 1.12. The fraction of sp³-hybridized carbons (Fsp3) is 0.545. The van der Waals surface area contributed by atoms with Crippen LogP contribution in [-0.4, -0.2) is 36.7 Å². The predicted octanol–water partition coefficient (Wildman–Crippen LogP) is 2.44. The first kappa shape index (κ1) is 12.9. The van der Waals surface area contributed by atoms with Crippen LogP contribution < -0.4 is 5.32 Å². The number of thiophene rings is 1. The zero-order valence-corrected chi connectivity index (χ0v) is 12.0. The van der Waals surface area contributed by atoms with Crippen molar-refractivity contribution in [3.05, 3.63) is 20.8 Å². The lowest BCUT2D eigenvalue weighted by molar-refractivity contribution is -0.00351. The smallest absolute Gasteiger partial charge is 0.317 e. The van der Waals surface area contributed by atoms with Gasteiger partial charge in [0.25, 0.3) is 0 Å². The van der Waals surface area contributed by atoms with E-state index in [0.717, 1.165) is 9.35 Å². The first-order valence-electron chi connectivity index (χ1n) is 5.52. The van der Waals surface area contributed by atoms with Crippen LogP contribution in [0.25, 0.3) is 0 Å². The summed E-state index contributed by atoms with van der Waals surface area (Å²) in [7, 11) is 0. The molecule has 1 aromatic heterocycles. The summed E-state index contributed by atoms with van der Waals surface area (Å²) in [6.45, 7) is 4.52. The normalized spacial score (nSPS) is 20.4. The molecule has 6 heteroatoms. The van der Waals surface area contributed by atoms with E-state index in [1.54, 1.807) is 16.2 Å². The quantitative estimate of drug-likeness (QED) is 0.910. The van der Waals surface area contributed by atoms with E-state index in [-0.39, 0.29) is 12.1 Å². The Morgan fingerprint density at radius 2 is 2.59 bits per heavy atom. The number of carbonyl (C=O) groups excluding carboxylic acids is 1. The van der Waals surface area contributed by atoms with Gasteiger partial charge in [-0.3, -0.25) is 0 Å². The second-order valence-electron chi connectivity index (χ2n) is 4.05. The molecule has 0 aromatic carbocycles. The minimum Gasteiger partial charge on any atom is -0.375 e. The number of hydrogen-bond donors (Lipinski definition) is 1. The van der Waals surface area contributed by atoms with Crippen molar-refractivity contribution in [1.82, 2.24) is 10.2 Å². The monoisotopic (exact) mass is 318 g/mol. The van der Waals surface area contributed by atoms with Crippen LogP contribution in [0.3, 0.4) is 0 Å². The molecule has 0 radical (unpaired) electrons. The van der Waals surface area contributed by atoms with Gasteiger partial charge in [-0.15, -0.1) is 11.3 Å². The van der Waals surface area contributed by atoms with E-state index in [0.29, 0.717) is 26.2 Å². The van der Waals surface area contributed by atoms with Gasteiger partial charge in [0.05, 0.1) is 16.5 Å². The molecule has 17 heavy (non-hydrogen) atoms. The summed E-state index contributed by atoms with van der Waals surface area (Å²) in [4.78, 5) is 13.7. The van der Waals surface area contributed by atoms with Crippen molar-refractivity contribution < 1.29 is 9.53 Å². The highest BCUT2D eigenvalue weighted by molar-refractivity contribution is 9.11. The van der Waals surface area contributed by atoms with Crippen LogP contribution in [0.15, 0.2) is 15.2 Å². The first-order chi connectivity index (χ1) is 8.15. The molecule has 1 aliphatic rings. The van der Waals surface area contributed by atoms with Crippen molar-refractivity contribution in [3.8, 4) is 0 Å². The summed E-state index contributed by atoms with van der Waals surface area (Å²) in [6.07, 6.45) is 0.129. The third kappa shape index (κ3) is 3.69. The van der Waals surface area contributed by atoms with Crippen LogP contribution in [0.5, 0.6) is 0 Å². The molecular weight excluding hydrogens is 304 g/mol. The van der Waals surface area contributed by atoms with Crippen LogP contribution in [-0.2, 0) is 11.3 Å².